The van der Waals surface area contributed by atoms with E-state index in [4.69, 9.17) is 0 Å². The molecule has 2 heterocycles. The summed E-state index contributed by atoms with van der Waals surface area (Å²) >= 11 is 0. The van der Waals surface area contributed by atoms with E-state index < -0.39 is 4.92 Å². The van der Waals surface area contributed by atoms with Crippen LogP contribution in [0.2, 0.25) is 0 Å². The Morgan fingerprint density at radius 3 is 2.94 bits per heavy atom. The van der Waals surface area contributed by atoms with Gasteiger partial charge in [-0.25, -0.2) is 9.30 Å². The zero-order valence-electron chi connectivity index (χ0n) is 9.13. The Morgan fingerprint density at radius 2 is 2.18 bits per heavy atom. The molecule has 1 aromatic heterocycles. The number of aryl methyl sites for hydroxylation is 1. The van der Waals surface area contributed by atoms with Gasteiger partial charge in [0.1, 0.15) is 0 Å². The second-order valence-corrected chi connectivity index (χ2v) is 4.25. The van der Waals surface area contributed by atoms with E-state index in [0.29, 0.717) is 16.9 Å². The highest BCUT2D eigenvalue weighted by Gasteiger charge is 2.25. The Morgan fingerprint density at radius 1 is 1.35 bits per heavy atom. The SMILES string of the molecule is O=[N+]([O-])c1ccc2c(c1)n1c([n+]2[O-])CCCC1. The molecule has 0 saturated carbocycles. The van der Waals surface area contributed by atoms with Crippen molar-refractivity contribution in [1.29, 1.82) is 0 Å². The zero-order chi connectivity index (χ0) is 12.0. The van der Waals surface area contributed by atoms with Crippen LogP contribution in [0.1, 0.15) is 18.7 Å². The highest BCUT2D eigenvalue weighted by molar-refractivity contribution is 5.75. The fourth-order valence-corrected chi connectivity index (χ4v) is 2.44. The molecule has 88 valence electrons. The third-order valence-electron chi connectivity index (χ3n) is 3.26. The molecule has 0 amide bonds. The number of rotatable bonds is 1. The molecular formula is C11H11N3O3. The molecule has 0 saturated heterocycles. The topological polar surface area (TPSA) is 75.0 Å². The van der Waals surface area contributed by atoms with Crippen molar-refractivity contribution < 1.29 is 9.65 Å². The largest absolute Gasteiger partial charge is 0.710 e. The molecule has 2 aromatic rings. The Balaban J connectivity index is 2.32. The summed E-state index contributed by atoms with van der Waals surface area (Å²) in [5, 5.41) is 22.7. The van der Waals surface area contributed by atoms with Gasteiger partial charge in [-0.15, -0.1) is 0 Å². The number of non-ortho nitro benzene ring substituents is 1. The summed E-state index contributed by atoms with van der Waals surface area (Å²) in [4.78, 5) is 10.3. The first-order chi connectivity index (χ1) is 8.18. The van der Waals surface area contributed by atoms with Crippen molar-refractivity contribution >= 4 is 16.7 Å². The van der Waals surface area contributed by atoms with Crippen molar-refractivity contribution in [3.63, 3.8) is 0 Å². The molecule has 0 aliphatic carbocycles. The minimum absolute atomic E-state index is 0.0315. The van der Waals surface area contributed by atoms with Gasteiger partial charge in [0.15, 0.2) is 11.0 Å². The number of nitrogens with zero attached hydrogens (tertiary/aromatic N) is 3. The normalized spacial score (nSPS) is 14.8. The first-order valence-corrected chi connectivity index (χ1v) is 5.57. The molecule has 1 aromatic carbocycles. The first-order valence-electron chi connectivity index (χ1n) is 5.57. The number of benzene rings is 1. The van der Waals surface area contributed by atoms with Gasteiger partial charge in [0.25, 0.3) is 11.5 Å². The van der Waals surface area contributed by atoms with Gasteiger partial charge >= 0.3 is 0 Å². The molecule has 17 heavy (non-hydrogen) atoms. The lowest BCUT2D eigenvalue weighted by Gasteiger charge is -2.10. The summed E-state index contributed by atoms with van der Waals surface area (Å²) < 4.78 is 2.80. The van der Waals surface area contributed by atoms with Crippen LogP contribution in [-0.2, 0) is 13.0 Å². The highest BCUT2D eigenvalue weighted by atomic mass is 16.6. The van der Waals surface area contributed by atoms with Crippen molar-refractivity contribution in [2.75, 3.05) is 0 Å². The summed E-state index contributed by atoms with van der Waals surface area (Å²) in [5.41, 5.74) is 1.22. The zero-order valence-corrected chi connectivity index (χ0v) is 9.13. The Hall–Kier alpha value is -2.11. The third kappa shape index (κ3) is 1.37. The fourth-order valence-electron chi connectivity index (χ4n) is 2.44. The molecule has 0 fully saturated rings. The summed E-state index contributed by atoms with van der Waals surface area (Å²) in [6.45, 7) is 0.766. The first kappa shape index (κ1) is 10.1. The number of imidazole rings is 1. The lowest BCUT2D eigenvalue weighted by atomic mass is 10.1. The minimum Gasteiger partial charge on any atom is -0.710 e. The number of aromatic nitrogens is 2. The molecule has 6 nitrogen and oxygen atoms in total. The second-order valence-electron chi connectivity index (χ2n) is 4.25. The molecule has 0 bridgehead atoms. The summed E-state index contributed by atoms with van der Waals surface area (Å²) in [6.07, 6.45) is 2.76. The summed E-state index contributed by atoms with van der Waals surface area (Å²) in [5.74, 6) is 0.715. The van der Waals surface area contributed by atoms with Crippen molar-refractivity contribution in [2.24, 2.45) is 0 Å². The van der Waals surface area contributed by atoms with Crippen molar-refractivity contribution in [1.82, 2.24) is 4.57 Å². The maximum absolute atomic E-state index is 12.0. The third-order valence-corrected chi connectivity index (χ3v) is 3.26. The van der Waals surface area contributed by atoms with Gasteiger partial charge in [-0.2, -0.15) is 0 Å². The Kier molecular flexibility index (Phi) is 2.04. The van der Waals surface area contributed by atoms with Gasteiger partial charge in [0.05, 0.1) is 17.5 Å². The summed E-state index contributed by atoms with van der Waals surface area (Å²) in [7, 11) is 0. The van der Waals surface area contributed by atoms with Crippen LogP contribution in [0, 0.1) is 15.3 Å². The molecule has 0 atom stereocenters. The van der Waals surface area contributed by atoms with E-state index in [1.807, 2.05) is 4.57 Å². The average Bonchev–Trinajstić information content (AvgIpc) is 2.64. The van der Waals surface area contributed by atoms with Gasteiger partial charge in [-0.3, -0.25) is 10.1 Å². The quantitative estimate of drug-likeness (QED) is 0.324. The smallest absolute Gasteiger partial charge is 0.273 e. The number of hydrogen-bond donors (Lipinski definition) is 0. The van der Waals surface area contributed by atoms with E-state index in [-0.39, 0.29) is 5.69 Å². The lowest BCUT2D eigenvalue weighted by Crippen LogP contribution is -2.32. The molecule has 0 N–H and O–H groups in total. The van der Waals surface area contributed by atoms with Crippen LogP contribution in [0.25, 0.3) is 11.0 Å². The molecule has 6 heteroatoms. The maximum Gasteiger partial charge on any atom is 0.273 e. The van der Waals surface area contributed by atoms with Crippen molar-refractivity contribution in [3.05, 3.63) is 39.3 Å². The van der Waals surface area contributed by atoms with Gasteiger partial charge in [0.2, 0.25) is 0 Å². The van der Waals surface area contributed by atoms with Crippen LogP contribution in [0.3, 0.4) is 0 Å². The fraction of sp³-hybridized carbons (Fsp3) is 0.364. The van der Waals surface area contributed by atoms with Crippen LogP contribution in [0.15, 0.2) is 18.2 Å². The lowest BCUT2D eigenvalue weighted by molar-refractivity contribution is -0.588. The standard InChI is InChI=1S/C11H11N3O3/c15-13-9-5-4-8(14(16)17)7-10(9)12-6-2-1-3-11(12)13/h4-5,7H,1-3,6H2. The highest BCUT2D eigenvalue weighted by Crippen LogP contribution is 2.24. The number of hydrogen-bond acceptors (Lipinski definition) is 3. The van der Waals surface area contributed by atoms with E-state index in [1.165, 1.54) is 18.2 Å². The Labute approximate surface area is 96.8 Å². The number of nitro benzene ring substituents is 1. The van der Waals surface area contributed by atoms with E-state index in [9.17, 15) is 15.3 Å². The molecule has 1 aliphatic rings. The molecule has 0 radical (unpaired) electrons. The van der Waals surface area contributed by atoms with Gasteiger partial charge < -0.3 is 5.21 Å². The van der Waals surface area contributed by atoms with Gasteiger partial charge in [0, 0.05) is 12.5 Å². The van der Waals surface area contributed by atoms with Crippen LogP contribution < -0.4 is 4.73 Å². The molecule has 0 unspecified atom stereocenters. The van der Waals surface area contributed by atoms with Gasteiger partial charge in [-0.1, -0.05) is 0 Å². The molecule has 0 spiro atoms. The average molecular weight is 233 g/mol. The van der Waals surface area contributed by atoms with Crippen LogP contribution in [0.4, 0.5) is 5.69 Å². The van der Waals surface area contributed by atoms with E-state index in [2.05, 4.69) is 0 Å². The van der Waals surface area contributed by atoms with Crippen LogP contribution >= 0.6 is 0 Å². The van der Waals surface area contributed by atoms with Crippen LogP contribution in [-0.4, -0.2) is 9.49 Å². The van der Waals surface area contributed by atoms with Gasteiger partial charge in [-0.05, 0) is 18.9 Å². The van der Waals surface area contributed by atoms with E-state index >= 15 is 0 Å². The van der Waals surface area contributed by atoms with Crippen LogP contribution in [0.5, 0.6) is 0 Å². The van der Waals surface area contributed by atoms with E-state index in [1.54, 1.807) is 0 Å². The molecule has 3 rings (SSSR count). The number of nitro groups is 1. The number of fused-ring (bicyclic) bond motifs is 3. The van der Waals surface area contributed by atoms with Crippen molar-refractivity contribution in [2.45, 2.75) is 25.8 Å². The summed E-state index contributed by atoms with van der Waals surface area (Å²) in [6, 6.07) is 4.40. The van der Waals surface area contributed by atoms with Crippen molar-refractivity contribution in [3.8, 4) is 0 Å². The second kappa shape index (κ2) is 3.44. The minimum atomic E-state index is -0.433. The Bertz CT molecular complexity index is 618. The predicted molar refractivity (Wildman–Crippen MR) is 60.5 cm³/mol. The predicted octanol–water partition coefficient (Wildman–Crippen LogP) is 1.52. The molecular weight excluding hydrogens is 222 g/mol. The monoisotopic (exact) mass is 233 g/mol. The van der Waals surface area contributed by atoms with E-state index in [0.717, 1.165) is 30.5 Å². The molecule has 1 aliphatic heterocycles. The maximum atomic E-state index is 12.0.